The lowest BCUT2D eigenvalue weighted by Crippen LogP contribution is -2.13. The summed E-state index contributed by atoms with van der Waals surface area (Å²) in [7, 11) is 0. The smallest absolute Gasteiger partial charge is 0.330 e. The minimum Gasteiger partial charge on any atom is -0.463 e. The molecule has 0 unspecified atom stereocenters. The molecule has 106 valence electrons. The summed E-state index contributed by atoms with van der Waals surface area (Å²) in [5, 5.41) is 0. The second-order valence-electron chi connectivity index (χ2n) is 3.75. The predicted molar refractivity (Wildman–Crippen MR) is 69.9 cm³/mol. The Bertz CT molecular complexity index is 582. The third kappa shape index (κ3) is 3.51. The number of hydrogen-bond acceptors (Lipinski definition) is 7. The number of rotatable bonds is 6. The van der Waals surface area contributed by atoms with Crippen molar-refractivity contribution in [3.63, 3.8) is 0 Å². The van der Waals surface area contributed by atoms with Gasteiger partial charge < -0.3 is 9.47 Å². The van der Waals surface area contributed by atoms with Crippen LogP contribution in [0.5, 0.6) is 17.8 Å². The highest BCUT2D eigenvalue weighted by atomic mass is 19.1. The molecular formula is C12H14FN5O2. The third-order valence-electron chi connectivity index (χ3n) is 2.20. The van der Waals surface area contributed by atoms with Crippen molar-refractivity contribution < 1.29 is 13.9 Å². The zero-order valence-electron chi connectivity index (χ0n) is 10.8. The van der Waals surface area contributed by atoms with Gasteiger partial charge in [-0.05, 0) is 18.6 Å². The molecule has 0 bridgehead atoms. The summed E-state index contributed by atoms with van der Waals surface area (Å²) in [5.74, 6) is 4.80. The summed E-state index contributed by atoms with van der Waals surface area (Å²) in [6.45, 7) is 2.38. The van der Waals surface area contributed by atoms with E-state index in [1.165, 1.54) is 12.1 Å². The van der Waals surface area contributed by atoms with Crippen molar-refractivity contribution in [1.82, 2.24) is 15.0 Å². The molecule has 0 spiro atoms. The first-order valence-corrected chi connectivity index (χ1v) is 6.00. The Hall–Kier alpha value is -2.48. The van der Waals surface area contributed by atoms with Crippen LogP contribution in [0.25, 0.3) is 0 Å². The molecule has 3 N–H and O–H groups in total. The predicted octanol–water partition coefficient (Wildman–Crippen LogP) is 1.88. The van der Waals surface area contributed by atoms with Crippen molar-refractivity contribution in [1.29, 1.82) is 0 Å². The van der Waals surface area contributed by atoms with Crippen LogP contribution < -0.4 is 20.7 Å². The van der Waals surface area contributed by atoms with Crippen LogP contribution in [0.3, 0.4) is 0 Å². The van der Waals surface area contributed by atoms with Gasteiger partial charge in [0.25, 0.3) is 0 Å². The van der Waals surface area contributed by atoms with E-state index in [0.717, 1.165) is 6.42 Å². The van der Waals surface area contributed by atoms with Crippen LogP contribution in [0.4, 0.5) is 10.3 Å². The molecule has 0 aliphatic heterocycles. The second kappa shape index (κ2) is 6.62. The lowest BCUT2D eigenvalue weighted by Gasteiger charge is -2.08. The van der Waals surface area contributed by atoms with Crippen LogP contribution in [-0.2, 0) is 0 Å². The van der Waals surface area contributed by atoms with Crippen molar-refractivity contribution >= 4 is 5.95 Å². The number of nitrogens with one attached hydrogen (secondary N) is 1. The number of hydrogen-bond donors (Lipinski definition) is 2. The molecule has 0 radical (unpaired) electrons. The SMILES string of the molecule is CCCOc1nc(NN)nc(Oc2ccccc2F)n1. The Morgan fingerprint density at radius 3 is 2.65 bits per heavy atom. The van der Waals surface area contributed by atoms with Gasteiger partial charge >= 0.3 is 12.0 Å². The van der Waals surface area contributed by atoms with Crippen LogP contribution in [0.2, 0.25) is 0 Å². The molecule has 0 aliphatic rings. The van der Waals surface area contributed by atoms with Crippen molar-refractivity contribution in [3.8, 4) is 17.8 Å². The number of nitrogen functional groups attached to an aromatic ring is 1. The molecule has 2 aromatic rings. The minimum atomic E-state index is -0.522. The van der Waals surface area contributed by atoms with E-state index in [9.17, 15) is 4.39 Å². The maximum absolute atomic E-state index is 13.5. The van der Waals surface area contributed by atoms with Crippen LogP contribution in [0.1, 0.15) is 13.3 Å². The van der Waals surface area contributed by atoms with Gasteiger partial charge in [0, 0.05) is 0 Å². The van der Waals surface area contributed by atoms with E-state index in [0.29, 0.717) is 6.61 Å². The molecule has 8 heteroatoms. The van der Waals surface area contributed by atoms with E-state index in [1.54, 1.807) is 12.1 Å². The molecule has 0 amide bonds. The first-order valence-electron chi connectivity index (χ1n) is 6.00. The highest BCUT2D eigenvalue weighted by Crippen LogP contribution is 2.22. The largest absolute Gasteiger partial charge is 0.463 e. The molecule has 0 saturated heterocycles. The Balaban J connectivity index is 2.24. The van der Waals surface area contributed by atoms with E-state index >= 15 is 0 Å². The summed E-state index contributed by atoms with van der Waals surface area (Å²) < 4.78 is 24.0. The molecule has 0 aliphatic carbocycles. The monoisotopic (exact) mass is 279 g/mol. The summed E-state index contributed by atoms with van der Waals surface area (Å²) in [5.41, 5.74) is 2.27. The maximum atomic E-state index is 13.5. The van der Waals surface area contributed by atoms with Gasteiger partial charge in [0.15, 0.2) is 11.6 Å². The van der Waals surface area contributed by atoms with E-state index in [4.69, 9.17) is 15.3 Å². The number of hydrazine groups is 1. The van der Waals surface area contributed by atoms with E-state index in [2.05, 4.69) is 20.4 Å². The second-order valence-corrected chi connectivity index (χ2v) is 3.75. The first kappa shape index (κ1) is 13.9. The number of aromatic nitrogens is 3. The van der Waals surface area contributed by atoms with Crippen LogP contribution in [0.15, 0.2) is 24.3 Å². The Morgan fingerprint density at radius 2 is 1.95 bits per heavy atom. The fraction of sp³-hybridized carbons (Fsp3) is 0.250. The molecule has 0 fully saturated rings. The van der Waals surface area contributed by atoms with Crippen LogP contribution in [-0.4, -0.2) is 21.6 Å². The fourth-order valence-electron chi connectivity index (χ4n) is 1.33. The van der Waals surface area contributed by atoms with Gasteiger partial charge in [-0.2, -0.15) is 9.97 Å². The molecular weight excluding hydrogens is 265 g/mol. The summed E-state index contributed by atoms with van der Waals surface area (Å²) >= 11 is 0. The zero-order valence-corrected chi connectivity index (χ0v) is 10.8. The molecule has 0 atom stereocenters. The lowest BCUT2D eigenvalue weighted by molar-refractivity contribution is 0.284. The topological polar surface area (TPSA) is 95.2 Å². The van der Waals surface area contributed by atoms with Gasteiger partial charge in [0.05, 0.1) is 6.61 Å². The summed E-state index contributed by atoms with van der Waals surface area (Å²) in [6.07, 6.45) is 0.792. The molecule has 2 rings (SSSR count). The Labute approximate surface area is 114 Å². The number of para-hydroxylation sites is 1. The number of anilines is 1. The number of halogens is 1. The number of nitrogens with two attached hydrogens (primary N) is 1. The van der Waals surface area contributed by atoms with Crippen LogP contribution in [0, 0.1) is 5.82 Å². The van der Waals surface area contributed by atoms with Gasteiger partial charge in [0.1, 0.15) is 0 Å². The first-order chi connectivity index (χ1) is 9.72. The van der Waals surface area contributed by atoms with Gasteiger partial charge in [0.2, 0.25) is 5.95 Å². The number of ether oxygens (including phenoxy) is 2. The van der Waals surface area contributed by atoms with Crippen molar-refractivity contribution in [2.24, 2.45) is 5.84 Å². The highest BCUT2D eigenvalue weighted by molar-refractivity contribution is 5.30. The average Bonchev–Trinajstić information content (AvgIpc) is 2.47. The number of nitrogens with zero attached hydrogens (tertiary/aromatic N) is 3. The molecule has 0 saturated carbocycles. The fourth-order valence-corrected chi connectivity index (χ4v) is 1.33. The molecule has 1 aromatic carbocycles. The standard InChI is InChI=1S/C12H14FN5O2/c1-2-7-19-11-15-10(18-14)16-12(17-11)20-9-6-4-3-5-8(9)13/h3-6H,2,7,14H2,1H3,(H,15,16,17,18). The average molecular weight is 279 g/mol. The Morgan fingerprint density at radius 1 is 1.20 bits per heavy atom. The van der Waals surface area contributed by atoms with Gasteiger partial charge in [-0.25, -0.2) is 10.2 Å². The van der Waals surface area contributed by atoms with E-state index in [-0.39, 0.29) is 23.7 Å². The van der Waals surface area contributed by atoms with Gasteiger partial charge in [-0.15, -0.1) is 4.98 Å². The molecule has 7 nitrogen and oxygen atoms in total. The molecule has 1 aromatic heterocycles. The van der Waals surface area contributed by atoms with E-state index < -0.39 is 5.82 Å². The quantitative estimate of drug-likeness (QED) is 0.615. The third-order valence-corrected chi connectivity index (χ3v) is 2.20. The minimum absolute atomic E-state index is 0.00288. The lowest BCUT2D eigenvalue weighted by atomic mass is 10.3. The normalized spacial score (nSPS) is 10.2. The van der Waals surface area contributed by atoms with Crippen molar-refractivity contribution in [2.45, 2.75) is 13.3 Å². The zero-order chi connectivity index (χ0) is 14.4. The Kier molecular flexibility index (Phi) is 4.61. The summed E-state index contributed by atoms with van der Waals surface area (Å²) in [4.78, 5) is 11.7. The van der Waals surface area contributed by atoms with Gasteiger partial charge in [-0.1, -0.05) is 19.1 Å². The highest BCUT2D eigenvalue weighted by Gasteiger charge is 2.11. The molecule has 20 heavy (non-hydrogen) atoms. The van der Waals surface area contributed by atoms with Crippen molar-refractivity contribution in [2.75, 3.05) is 12.0 Å². The molecule has 1 heterocycles. The van der Waals surface area contributed by atoms with Crippen molar-refractivity contribution in [3.05, 3.63) is 30.1 Å². The maximum Gasteiger partial charge on any atom is 0.330 e. The van der Waals surface area contributed by atoms with Gasteiger partial charge in [-0.3, -0.25) is 5.43 Å². The summed E-state index contributed by atoms with van der Waals surface area (Å²) in [6, 6.07) is 5.87. The van der Waals surface area contributed by atoms with E-state index in [1.807, 2.05) is 6.92 Å². The number of benzene rings is 1. The van der Waals surface area contributed by atoms with Crippen LogP contribution >= 0.6 is 0 Å².